The van der Waals surface area contributed by atoms with Crippen LogP contribution in [0.2, 0.25) is 0 Å². The van der Waals surface area contributed by atoms with Crippen LogP contribution in [-0.4, -0.2) is 29.5 Å². The van der Waals surface area contributed by atoms with Crippen LogP contribution in [0.4, 0.5) is 0 Å². The molecule has 1 aromatic heterocycles. The van der Waals surface area contributed by atoms with Gasteiger partial charge in [0, 0.05) is 31.0 Å². The van der Waals surface area contributed by atoms with E-state index < -0.39 is 0 Å². The fraction of sp³-hybridized carbons (Fsp3) is 0.471. The van der Waals surface area contributed by atoms with Gasteiger partial charge in [-0.25, -0.2) is 4.68 Å². The maximum Gasteiger partial charge on any atom is 0.0648 e. The molecule has 0 spiro atoms. The number of nitrogens with one attached hydrogen (secondary N) is 1. The SMILES string of the molecule is CCOCCCNCc1c(C)nn(-c2ccccc2)c1C. The highest BCUT2D eigenvalue weighted by molar-refractivity contribution is 5.36. The van der Waals surface area contributed by atoms with Crippen LogP contribution in [0.15, 0.2) is 30.3 Å². The number of nitrogens with zero attached hydrogens (tertiary/aromatic N) is 2. The second-order valence-electron chi connectivity index (χ2n) is 5.12. The smallest absolute Gasteiger partial charge is 0.0648 e. The summed E-state index contributed by atoms with van der Waals surface area (Å²) in [5.74, 6) is 0. The number of ether oxygens (including phenoxy) is 1. The molecule has 0 unspecified atom stereocenters. The molecule has 1 heterocycles. The maximum absolute atomic E-state index is 5.34. The van der Waals surface area contributed by atoms with Crippen molar-refractivity contribution in [2.75, 3.05) is 19.8 Å². The van der Waals surface area contributed by atoms with Gasteiger partial charge >= 0.3 is 0 Å². The van der Waals surface area contributed by atoms with E-state index in [0.717, 1.165) is 44.1 Å². The Balaban J connectivity index is 1.96. The van der Waals surface area contributed by atoms with Crippen molar-refractivity contribution in [2.24, 2.45) is 0 Å². The van der Waals surface area contributed by atoms with Crippen LogP contribution in [0.5, 0.6) is 0 Å². The van der Waals surface area contributed by atoms with Crippen LogP contribution in [0.25, 0.3) is 5.69 Å². The Morgan fingerprint density at radius 3 is 2.67 bits per heavy atom. The van der Waals surface area contributed by atoms with Gasteiger partial charge in [0.05, 0.1) is 11.4 Å². The Bertz CT molecular complexity index is 549. The first kappa shape index (κ1) is 15.7. The van der Waals surface area contributed by atoms with Gasteiger partial charge in [-0.05, 0) is 45.9 Å². The van der Waals surface area contributed by atoms with Crippen molar-refractivity contribution in [3.63, 3.8) is 0 Å². The minimum Gasteiger partial charge on any atom is -0.382 e. The average Bonchev–Trinajstić information content (AvgIpc) is 2.79. The van der Waals surface area contributed by atoms with Gasteiger partial charge in [-0.3, -0.25) is 0 Å². The third kappa shape index (κ3) is 4.16. The molecule has 0 saturated carbocycles. The molecule has 1 aromatic carbocycles. The minimum atomic E-state index is 0.794. The summed E-state index contributed by atoms with van der Waals surface area (Å²) in [6.45, 7) is 9.67. The summed E-state index contributed by atoms with van der Waals surface area (Å²) in [4.78, 5) is 0. The topological polar surface area (TPSA) is 39.1 Å². The molecule has 0 fully saturated rings. The summed E-state index contributed by atoms with van der Waals surface area (Å²) in [6, 6.07) is 10.3. The predicted octanol–water partition coefficient (Wildman–Crippen LogP) is 3.01. The first-order valence-electron chi connectivity index (χ1n) is 7.63. The van der Waals surface area contributed by atoms with Gasteiger partial charge in [-0.1, -0.05) is 18.2 Å². The Labute approximate surface area is 127 Å². The normalized spacial score (nSPS) is 11.0. The largest absolute Gasteiger partial charge is 0.382 e. The van der Waals surface area contributed by atoms with Crippen molar-refractivity contribution < 1.29 is 4.74 Å². The van der Waals surface area contributed by atoms with Crippen LogP contribution in [-0.2, 0) is 11.3 Å². The monoisotopic (exact) mass is 287 g/mol. The lowest BCUT2D eigenvalue weighted by Gasteiger charge is -2.07. The minimum absolute atomic E-state index is 0.794. The van der Waals surface area contributed by atoms with Crippen LogP contribution in [0.3, 0.4) is 0 Å². The highest BCUT2D eigenvalue weighted by atomic mass is 16.5. The second kappa shape index (κ2) is 7.96. The Hall–Kier alpha value is -1.65. The fourth-order valence-electron chi connectivity index (χ4n) is 2.41. The molecule has 0 atom stereocenters. The van der Waals surface area contributed by atoms with Crippen LogP contribution in [0.1, 0.15) is 30.3 Å². The quantitative estimate of drug-likeness (QED) is 0.759. The Kier molecular flexibility index (Phi) is 5.96. The van der Waals surface area contributed by atoms with Gasteiger partial charge in [0.2, 0.25) is 0 Å². The van der Waals surface area contributed by atoms with Gasteiger partial charge in [0.15, 0.2) is 0 Å². The van der Waals surface area contributed by atoms with E-state index in [1.54, 1.807) is 0 Å². The molecule has 4 nitrogen and oxygen atoms in total. The van der Waals surface area contributed by atoms with Crippen molar-refractivity contribution in [3.05, 3.63) is 47.3 Å². The number of aryl methyl sites for hydroxylation is 1. The van der Waals surface area contributed by atoms with Gasteiger partial charge in [0.25, 0.3) is 0 Å². The lowest BCUT2D eigenvalue weighted by molar-refractivity contribution is 0.144. The summed E-state index contributed by atoms with van der Waals surface area (Å²) >= 11 is 0. The lowest BCUT2D eigenvalue weighted by Crippen LogP contribution is -2.17. The van der Waals surface area contributed by atoms with Gasteiger partial charge in [-0.2, -0.15) is 5.10 Å². The van der Waals surface area contributed by atoms with E-state index in [1.165, 1.54) is 11.3 Å². The summed E-state index contributed by atoms with van der Waals surface area (Å²) in [6.07, 6.45) is 1.04. The molecule has 1 N–H and O–H groups in total. The van der Waals surface area contributed by atoms with Gasteiger partial charge < -0.3 is 10.1 Å². The zero-order valence-electron chi connectivity index (χ0n) is 13.2. The molecule has 0 radical (unpaired) electrons. The summed E-state index contributed by atoms with van der Waals surface area (Å²) in [5.41, 5.74) is 4.70. The Morgan fingerprint density at radius 2 is 1.95 bits per heavy atom. The molecular formula is C17H25N3O. The number of rotatable bonds is 8. The van der Waals surface area contributed by atoms with Crippen LogP contribution >= 0.6 is 0 Å². The van der Waals surface area contributed by atoms with E-state index >= 15 is 0 Å². The zero-order valence-corrected chi connectivity index (χ0v) is 13.2. The first-order chi connectivity index (χ1) is 10.2. The molecule has 114 valence electrons. The molecular weight excluding hydrogens is 262 g/mol. The Morgan fingerprint density at radius 1 is 1.19 bits per heavy atom. The number of aromatic nitrogens is 2. The molecule has 0 saturated heterocycles. The molecule has 4 heteroatoms. The van der Waals surface area contributed by atoms with E-state index in [2.05, 4.69) is 36.4 Å². The second-order valence-corrected chi connectivity index (χ2v) is 5.12. The third-order valence-corrected chi connectivity index (χ3v) is 3.59. The molecule has 0 amide bonds. The number of para-hydroxylation sites is 1. The average molecular weight is 287 g/mol. The van der Waals surface area contributed by atoms with Crippen molar-refractivity contribution >= 4 is 0 Å². The highest BCUT2D eigenvalue weighted by Crippen LogP contribution is 2.17. The molecule has 0 bridgehead atoms. The maximum atomic E-state index is 5.34. The first-order valence-corrected chi connectivity index (χ1v) is 7.63. The van der Waals surface area contributed by atoms with Crippen molar-refractivity contribution in [1.82, 2.24) is 15.1 Å². The van der Waals surface area contributed by atoms with Gasteiger partial charge in [0.1, 0.15) is 0 Å². The zero-order chi connectivity index (χ0) is 15.1. The number of benzene rings is 1. The van der Waals surface area contributed by atoms with E-state index in [-0.39, 0.29) is 0 Å². The predicted molar refractivity (Wildman–Crippen MR) is 85.9 cm³/mol. The van der Waals surface area contributed by atoms with Crippen molar-refractivity contribution in [1.29, 1.82) is 0 Å². The van der Waals surface area contributed by atoms with E-state index in [4.69, 9.17) is 4.74 Å². The number of hydrogen-bond donors (Lipinski definition) is 1. The molecule has 21 heavy (non-hydrogen) atoms. The molecule has 0 aliphatic rings. The van der Waals surface area contributed by atoms with E-state index in [9.17, 15) is 0 Å². The third-order valence-electron chi connectivity index (χ3n) is 3.59. The van der Waals surface area contributed by atoms with Crippen molar-refractivity contribution in [3.8, 4) is 5.69 Å². The van der Waals surface area contributed by atoms with Crippen LogP contribution in [0, 0.1) is 13.8 Å². The summed E-state index contributed by atoms with van der Waals surface area (Å²) in [5, 5.41) is 8.13. The molecule has 0 aliphatic heterocycles. The lowest BCUT2D eigenvalue weighted by atomic mass is 10.2. The molecule has 2 rings (SSSR count). The van der Waals surface area contributed by atoms with E-state index in [0.29, 0.717) is 0 Å². The molecule has 0 aliphatic carbocycles. The number of hydrogen-bond acceptors (Lipinski definition) is 3. The van der Waals surface area contributed by atoms with Gasteiger partial charge in [-0.15, -0.1) is 0 Å². The van der Waals surface area contributed by atoms with Crippen LogP contribution < -0.4 is 5.32 Å². The standard InChI is InChI=1S/C17H25N3O/c1-4-21-12-8-11-18-13-17-14(2)19-20(15(17)3)16-9-6-5-7-10-16/h5-7,9-10,18H,4,8,11-13H2,1-3H3. The fourth-order valence-corrected chi connectivity index (χ4v) is 2.41. The molecule has 2 aromatic rings. The summed E-state index contributed by atoms with van der Waals surface area (Å²) < 4.78 is 7.36. The summed E-state index contributed by atoms with van der Waals surface area (Å²) in [7, 11) is 0. The highest BCUT2D eigenvalue weighted by Gasteiger charge is 2.11. The van der Waals surface area contributed by atoms with E-state index in [1.807, 2.05) is 29.8 Å². The van der Waals surface area contributed by atoms with Crippen molar-refractivity contribution in [2.45, 2.75) is 33.7 Å².